The molecule has 0 amide bonds. The Kier molecular flexibility index (Phi) is 38.5. The maximum absolute atomic E-state index is 12.6. The standard InChI is InChI=1S/C46H83O12P/c1-4-5-6-7-8-9-10-16-19-22-25-28-32-43(49)44(50)33-30-35-45(51)55-38-42(39-57-59(53,54)56-37-41(48)36-47)58-46(52)34-29-26-23-20-17-14-12-11-13-15-18-21-24-27-31-40(2)3/h5-6,8-9,16,19,25,28,40-44,47-50H,4,7,10-15,17-18,20-24,26-27,29-39H2,1-3H3,(H,53,54)/b6-5-,9-8-,19-16-,28-25-/t41-,42+,43-,44-/m0/s1. The molecule has 0 aromatic rings. The summed E-state index contributed by atoms with van der Waals surface area (Å²) in [5, 5.41) is 39.0. The van der Waals surface area contributed by atoms with Crippen LogP contribution >= 0.6 is 7.82 Å². The van der Waals surface area contributed by atoms with Crippen molar-refractivity contribution in [3.8, 4) is 0 Å². The smallest absolute Gasteiger partial charge is 0.462 e. The Bertz CT molecular complexity index is 1170. The number of hydrogen-bond donors (Lipinski definition) is 5. The van der Waals surface area contributed by atoms with Crippen molar-refractivity contribution in [2.45, 2.75) is 199 Å². The predicted molar refractivity (Wildman–Crippen MR) is 236 cm³/mol. The van der Waals surface area contributed by atoms with E-state index >= 15 is 0 Å². The highest BCUT2D eigenvalue weighted by molar-refractivity contribution is 7.47. The van der Waals surface area contributed by atoms with Gasteiger partial charge in [-0.2, -0.15) is 0 Å². The molecule has 0 aliphatic carbocycles. The SMILES string of the molecule is CC/C=C\C/C=C\C/C=C\C/C=C\C[C@H](O)[C@@H](O)CCCC(=O)OC[C@H](COP(=O)(O)OC[C@@H](O)CO)OC(=O)CCCCCCCCCCCCCCCCC(C)C. The Hall–Kier alpha value is -2.15. The quantitative estimate of drug-likeness (QED) is 0.0170. The number of ether oxygens (including phenoxy) is 2. The molecule has 0 aliphatic heterocycles. The second-order valence-electron chi connectivity index (χ2n) is 15.8. The van der Waals surface area contributed by atoms with Gasteiger partial charge < -0.3 is 34.8 Å². The average molecular weight is 859 g/mol. The van der Waals surface area contributed by atoms with Gasteiger partial charge in [-0.25, -0.2) is 4.57 Å². The third-order valence-electron chi connectivity index (χ3n) is 9.63. The van der Waals surface area contributed by atoms with Gasteiger partial charge in [-0.3, -0.25) is 18.6 Å². The van der Waals surface area contributed by atoms with Gasteiger partial charge in [0.2, 0.25) is 0 Å². The summed E-state index contributed by atoms with van der Waals surface area (Å²) in [6, 6.07) is 0. The maximum atomic E-state index is 12.6. The van der Waals surface area contributed by atoms with Crippen LogP contribution in [0.3, 0.4) is 0 Å². The van der Waals surface area contributed by atoms with E-state index in [0.29, 0.717) is 12.8 Å². The fourth-order valence-corrected chi connectivity index (χ4v) is 6.82. The molecule has 59 heavy (non-hydrogen) atoms. The van der Waals surface area contributed by atoms with Crippen molar-refractivity contribution in [3.63, 3.8) is 0 Å². The van der Waals surface area contributed by atoms with Gasteiger partial charge >= 0.3 is 19.8 Å². The first-order chi connectivity index (χ1) is 28.4. The zero-order valence-electron chi connectivity index (χ0n) is 36.8. The van der Waals surface area contributed by atoms with E-state index in [-0.39, 0.29) is 32.1 Å². The van der Waals surface area contributed by atoms with Gasteiger partial charge in [0, 0.05) is 12.8 Å². The van der Waals surface area contributed by atoms with Gasteiger partial charge in [0.05, 0.1) is 32.0 Å². The van der Waals surface area contributed by atoms with E-state index < -0.39 is 70.6 Å². The van der Waals surface area contributed by atoms with E-state index in [1.807, 2.05) is 18.2 Å². The lowest BCUT2D eigenvalue weighted by Gasteiger charge is -2.20. The van der Waals surface area contributed by atoms with Crippen LogP contribution in [0.5, 0.6) is 0 Å². The largest absolute Gasteiger partial charge is 0.472 e. The van der Waals surface area contributed by atoms with Crippen LogP contribution in [-0.4, -0.2) is 88.1 Å². The van der Waals surface area contributed by atoms with Crippen LogP contribution in [-0.2, 0) is 32.7 Å². The highest BCUT2D eigenvalue weighted by Crippen LogP contribution is 2.43. The minimum Gasteiger partial charge on any atom is -0.462 e. The van der Waals surface area contributed by atoms with Crippen molar-refractivity contribution in [3.05, 3.63) is 48.6 Å². The van der Waals surface area contributed by atoms with Crippen molar-refractivity contribution in [2.75, 3.05) is 26.4 Å². The average Bonchev–Trinajstić information content (AvgIpc) is 3.20. The summed E-state index contributed by atoms with van der Waals surface area (Å²) >= 11 is 0. The van der Waals surface area contributed by atoms with E-state index in [0.717, 1.165) is 44.4 Å². The van der Waals surface area contributed by atoms with Crippen LogP contribution < -0.4 is 0 Å². The molecule has 0 aliphatic rings. The summed E-state index contributed by atoms with van der Waals surface area (Å²) in [5.41, 5.74) is 0. The van der Waals surface area contributed by atoms with E-state index in [1.54, 1.807) is 0 Å². The number of aliphatic hydroxyl groups is 4. The zero-order chi connectivity index (χ0) is 43.8. The molecule has 0 spiro atoms. The number of carbonyl (C=O) groups is 2. The van der Waals surface area contributed by atoms with Gasteiger partial charge in [0.1, 0.15) is 12.7 Å². The summed E-state index contributed by atoms with van der Waals surface area (Å²) in [5.74, 6) is -0.402. The van der Waals surface area contributed by atoms with Crippen LogP contribution in [0, 0.1) is 5.92 Å². The first-order valence-electron chi connectivity index (χ1n) is 22.6. The van der Waals surface area contributed by atoms with Gasteiger partial charge in [-0.1, -0.05) is 159 Å². The third-order valence-corrected chi connectivity index (χ3v) is 10.6. The Labute approximate surface area is 357 Å². The number of carbonyl (C=O) groups excluding carboxylic acids is 2. The summed E-state index contributed by atoms with van der Waals surface area (Å²) in [7, 11) is -4.69. The van der Waals surface area contributed by atoms with Crippen molar-refractivity contribution in [1.82, 2.24) is 0 Å². The molecule has 0 aromatic heterocycles. The molecule has 0 bridgehead atoms. The number of rotatable bonds is 41. The van der Waals surface area contributed by atoms with Crippen molar-refractivity contribution in [2.24, 2.45) is 5.92 Å². The number of phosphoric ester groups is 1. The third kappa shape index (κ3) is 39.7. The predicted octanol–water partition coefficient (Wildman–Crippen LogP) is 9.91. The van der Waals surface area contributed by atoms with E-state index in [9.17, 15) is 34.4 Å². The monoisotopic (exact) mass is 859 g/mol. The molecule has 13 heteroatoms. The number of aliphatic hydroxyl groups excluding tert-OH is 4. The molecular formula is C46H83O12P. The first-order valence-corrected chi connectivity index (χ1v) is 24.1. The Balaban J connectivity index is 4.49. The Morgan fingerprint density at radius 2 is 1.05 bits per heavy atom. The molecule has 5 N–H and O–H groups in total. The van der Waals surface area contributed by atoms with Gasteiger partial charge in [-0.15, -0.1) is 0 Å². The van der Waals surface area contributed by atoms with Gasteiger partial charge in [-0.05, 0) is 57.3 Å². The second kappa shape index (κ2) is 40.0. The lowest BCUT2D eigenvalue weighted by atomic mass is 10.0. The molecule has 344 valence electrons. The van der Waals surface area contributed by atoms with Crippen LogP contribution in [0.4, 0.5) is 0 Å². The molecule has 0 fully saturated rings. The number of hydrogen-bond acceptors (Lipinski definition) is 11. The molecule has 12 nitrogen and oxygen atoms in total. The van der Waals surface area contributed by atoms with Crippen LogP contribution in [0.25, 0.3) is 0 Å². The molecule has 0 saturated heterocycles. The minimum atomic E-state index is -4.69. The molecule has 0 rings (SSSR count). The fourth-order valence-electron chi connectivity index (χ4n) is 6.03. The lowest BCUT2D eigenvalue weighted by Crippen LogP contribution is -2.30. The van der Waals surface area contributed by atoms with Crippen molar-refractivity contribution in [1.29, 1.82) is 0 Å². The topological polar surface area (TPSA) is 189 Å². The number of unbranched alkanes of at least 4 members (excludes halogenated alkanes) is 13. The maximum Gasteiger partial charge on any atom is 0.472 e. The highest BCUT2D eigenvalue weighted by atomic mass is 31.2. The Morgan fingerprint density at radius 3 is 1.58 bits per heavy atom. The van der Waals surface area contributed by atoms with E-state index in [2.05, 4.69) is 55.7 Å². The molecule has 1 unspecified atom stereocenters. The summed E-state index contributed by atoms with van der Waals surface area (Å²) < 4.78 is 32.6. The van der Waals surface area contributed by atoms with Crippen LogP contribution in [0.1, 0.15) is 175 Å². The van der Waals surface area contributed by atoms with Gasteiger partial charge in [0.25, 0.3) is 0 Å². The number of phosphoric acid groups is 1. The van der Waals surface area contributed by atoms with Crippen LogP contribution in [0.15, 0.2) is 48.6 Å². The highest BCUT2D eigenvalue weighted by Gasteiger charge is 2.27. The molecular weight excluding hydrogens is 775 g/mol. The Morgan fingerprint density at radius 1 is 0.576 bits per heavy atom. The molecule has 5 atom stereocenters. The van der Waals surface area contributed by atoms with E-state index in [1.165, 1.54) is 70.6 Å². The molecule has 0 saturated carbocycles. The number of esters is 2. The minimum absolute atomic E-state index is 0.0748. The molecule has 0 radical (unpaired) electrons. The van der Waals surface area contributed by atoms with E-state index in [4.69, 9.17) is 19.1 Å². The molecule has 0 heterocycles. The van der Waals surface area contributed by atoms with Crippen molar-refractivity contribution >= 4 is 19.8 Å². The van der Waals surface area contributed by atoms with Gasteiger partial charge in [0.15, 0.2) is 6.10 Å². The summed E-state index contributed by atoms with van der Waals surface area (Å²) in [6.45, 7) is 4.27. The van der Waals surface area contributed by atoms with Crippen LogP contribution in [0.2, 0.25) is 0 Å². The normalized spacial score (nSPS) is 15.4. The lowest BCUT2D eigenvalue weighted by molar-refractivity contribution is -0.161. The zero-order valence-corrected chi connectivity index (χ0v) is 37.7. The first kappa shape index (κ1) is 56.9. The fraction of sp³-hybridized carbons (Fsp3) is 0.783. The summed E-state index contributed by atoms with van der Waals surface area (Å²) in [6.07, 6.45) is 34.0. The molecule has 0 aromatic carbocycles. The van der Waals surface area contributed by atoms with Crippen molar-refractivity contribution < 1.29 is 58.0 Å². The number of allylic oxidation sites excluding steroid dienone is 7. The summed E-state index contributed by atoms with van der Waals surface area (Å²) in [4.78, 5) is 35.1. The second-order valence-corrected chi connectivity index (χ2v) is 17.3.